The van der Waals surface area contributed by atoms with Crippen LogP contribution in [0.25, 0.3) is 0 Å². The lowest BCUT2D eigenvalue weighted by molar-refractivity contribution is 0.0532. The third kappa shape index (κ3) is 2.48. The highest BCUT2D eigenvalue weighted by atomic mass is 32.1. The van der Waals surface area contributed by atoms with E-state index in [2.05, 4.69) is 16.8 Å². The lowest BCUT2D eigenvalue weighted by Crippen LogP contribution is -2.41. The molecule has 84 valence electrons. The molecule has 0 aromatic carbocycles. The topological polar surface area (TPSA) is 45.6 Å². The third-order valence-corrected chi connectivity index (χ3v) is 3.66. The Kier molecular flexibility index (Phi) is 3.23. The smallest absolute Gasteiger partial charge is 0.185 e. The van der Waals surface area contributed by atoms with Crippen LogP contribution in [-0.2, 0) is 4.74 Å². The predicted molar refractivity (Wildman–Crippen MR) is 60.4 cm³/mol. The average molecular weight is 228 g/mol. The summed E-state index contributed by atoms with van der Waals surface area (Å²) >= 11 is 1.56. The lowest BCUT2D eigenvalue weighted by atomic mass is 10.3. The number of morpholine rings is 1. The van der Waals surface area contributed by atoms with E-state index in [0.717, 1.165) is 29.7 Å². The Bertz CT molecular complexity index is 327. The zero-order valence-electron chi connectivity index (χ0n) is 9.01. The van der Waals surface area contributed by atoms with Crippen molar-refractivity contribution in [2.45, 2.75) is 26.1 Å². The summed E-state index contributed by atoms with van der Waals surface area (Å²) in [4.78, 5) is 7.46. The Hall–Kier alpha value is -0.650. The molecule has 2 atom stereocenters. The molecule has 0 saturated carbocycles. The van der Waals surface area contributed by atoms with Crippen LogP contribution in [0.4, 0.5) is 5.13 Å². The minimum atomic E-state index is -0.422. The van der Waals surface area contributed by atoms with Gasteiger partial charge in [-0.2, -0.15) is 0 Å². The highest BCUT2D eigenvalue weighted by Crippen LogP contribution is 2.27. The van der Waals surface area contributed by atoms with E-state index in [1.807, 2.05) is 0 Å². The lowest BCUT2D eigenvalue weighted by Gasteiger charge is -2.30. The molecule has 1 aromatic heterocycles. The van der Waals surface area contributed by atoms with E-state index in [1.165, 1.54) is 0 Å². The Morgan fingerprint density at radius 2 is 2.53 bits per heavy atom. The quantitative estimate of drug-likeness (QED) is 0.831. The third-order valence-electron chi connectivity index (χ3n) is 2.43. The standard InChI is InChI=1S/C10H16N2O2S/c1-7-6-12(3-4-14-7)10-11-5-9(15-10)8(2)13/h5,7-8,13H,3-4,6H2,1-2H3. The first-order valence-corrected chi connectivity index (χ1v) is 5.99. The van der Waals surface area contributed by atoms with E-state index in [1.54, 1.807) is 24.5 Å². The molecule has 1 saturated heterocycles. The number of aromatic nitrogens is 1. The molecule has 1 N–H and O–H groups in total. The van der Waals surface area contributed by atoms with Crippen LogP contribution in [0.15, 0.2) is 6.20 Å². The molecule has 0 spiro atoms. The van der Waals surface area contributed by atoms with Gasteiger partial charge in [0.25, 0.3) is 0 Å². The molecule has 15 heavy (non-hydrogen) atoms. The minimum absolute atomic E-state index is 0.262. The Morgan fingerprint density at radius 1 is 1.73 bits per heavy atom. The van der Waals surface area contributed by atoms with Gasteiger partial charge in [-0.15, -0.1) is 0 Å². The zero-order chi connectivity index (χ0) is 10.8. The van der Waals surface area contributed by atoms with Gasteiger partial charge in [0.05, 0.1) is 23.7 Å². The van der Waals surface area contributed by atoms with Crippen LogP contribution >= 0.6 is 11.3 Å². The summed E-state index contributed by atoms with van der Waals surface area (Å²) in [5, 5.41) is 10.4. The number of hydrogen-bond acceptors (Lipinski definition) is 5. The molecular weight excluding hydrogens is 212 g/mol. The van der Waals surface area contributed by atoms with Crippen LogP contribution in [0.1, 0.15) is 24.8 Å². The Balaban J connectivity index is 2.08. The highest BCUT2D eigenvalue weighted by Gasteiger charge is 2.19. The molecule has 1 aromatic rings. The van der Waals surface area contributed by atoms with Gasteiger partial charge in [0, 0.05) is 19.3 Å². The fourth-order valence-corrected chi connectivity index (χ4v) is 2.50. The fraction of sp³-hybridized carbons (Fsp3) is 0.700. The first-order valence-electron chi connectivity index (χ1n) is 5.17. The van der Waals surface area contributed by atoms with Crippen molar-refractivity contribution >= 4 is 16.5 Å². The largest absolute Gasteiger partial charge is 0.388 e. The summed E-state index contributed by atoms with van der Waals surface area (Å²) in [5.74, 6) is 0. The number of thiazole rings is 1. The van der Waals surface area contributed by atoms with E-state index in [-0.39, 0.29) is 6.10 Å². The second kappa shape index (κ2) is 4.47. The maximum Gasteiger partial charge on any atom is 0.185 e. The van der Waals surface area contributed by atoms with Crippen LogP contribution in [0.2, 0.25) is 0 Å². The molecule has 2 unspecified atom stereocenters. The van der Waals surface area contributed by atoms with Gasteiger partial charge >= 0.3 is 0 Å². The second-order valence-corrected chi connectivity index (χ2v) is 4.89. The van der Waals surface area contributed by atoms with Crippen molar-refractivity contribution in [2.24, 2.45) is 0 Å². The molecule has 0 bridgehead atoms. The molecule has 1 aliphatic heterocycles. The van der Waals surface area contributed by atoms with E-state index in [0.29, 0.717) is 0 Å². The summed E-state index contributed by atoms with van der Waals surface area (Å²) < 4.78 is 5.47. The number of aliphatic hydroxyl groups excluding tert-OH is 1. The first kappa shape index (κ1) is 10.9. The molecule has 1 fully saturated rings. The van der Waals surface area contributed by atoms with Gasteiger partial charge in [-0.1, -0.05) is 11.3 Å². The van der Waals surface area contributed by atoms with Gasteiger partial charge in [-0.05, 0) is 13.8 Å². The predicted octanol–water partition coefficient (Wildman–Crippen LogP) is 1.42. The van der Waals surface area contributed by atoms with Crippen LogP contribution in [0.3, 0.4) is 0 Å². The number of ether oxygens (including phenoxy) is 1. The van der Waals surface area contributed by atoms with Gasteiger partial charge in [0.15, 0.2) is 5.13 Å². The molecule has 2 rings (SSSR count). The molecule has 5 heteroatoms. The fourth-order valence-electron chi connectivity index (χ4n) is 1.61. The summed E-state index contributed by atoms with van der Waals surface area (Å²) in [6, 6.07) is 0. The Morgan fingerprint density at radius 3 is 3.13 bits per heavy atom. The monoisotopic (exact) mass is 228 g/mol. The van der Waals surface area contributed by atoms with E-state index in [9.17, 15) is 5.11 Å². The number of anilines is 1. The normalized spacial score (nSPS) is 24.2. The molecule has 1 aliphatic rings. The number of aliphatic hydroxyl groups is 1. The van der Waals surface area contributed by atoms with Gasteiger partial charge in [-0.3, -0.25) is 0 Å². The first-order chi connectivity index (χ1) is 7.16. The van der Waals surface area contributed by atoms with Crippen molar-refractivity contribution in [1.29, 1.82) is 0 Å². The minimum Gasteiger partial charge on any atom is -0.388 e. The summed E-state index contributed by atoms with van der Waals surface area (Å²) in [7, 11) is 0. The molecule has 4 nitrogen and oxygen atoms in total. The van der Waals surface area contributed by atoms with Crippen LogP contribution in [0.5, 0.6) is 0 Å². The van der Waals surface area contributed by atoms with Crippen molar-refractivity contribution in [3.05, 3.63) is 11.1 Å². The molecule has 2 heterocycles. The summed E-state index contributed by atoms with van der Waals surface area (Å²) in [6.45, 7) is 6.35. The van der Waals surface area contributed by atoms with Crippen molar-refractivity contribution in [3.8, 4) is 0 Å². The maximum absolute atomic E-state index is 9.41. The average Bonchev–Trinajstić information content (AvgIpc) is 2.66. The van der Waals surface area contributed by atoms with Crippen molar-refractivity contribution in [1.82, 2.24) is 4.98 Å². The van der Waals surface area contributed by atoms with Crippen LogP contribution in [-0.4, -0.2) is 35.9 Å². The second-order valence-electron chi connectivity index (χ2n) is 3.85. The summed E-state index contributed by atoms with van der Waals surface area (Å²) in [6.07, 6.45) is 1.59. The maximum atomic E-state index is 9.41. The zero-order valence-corrected chi connectivity index (χ0v) is 9.83. The van der Waals surface area contributed by atoms with Gasteiger partial charge in [0.1, 0.15) is 0 Å². The highest BCUT2D eigenvalue weighted by molar-refractivity contribution is 7.15. The van der Waals surface area contributed by atoms with Crippen LogP contribution in [0, 0.1) is 0 Å². The molecule has 0 amide bonds. The number of rotatable bonds is 2. The van der Waals surface area contributed by atoms with Gasteiger partial charge < -0.3 is 14.7 Å². The van der Waals surface area contributed by atoms with Crippen molar-refractivity contribution < 1.29 is 9.84 Å². The Labute approximate surface area is 93.5 Å². The van der Waals surface area contributed by atoms with Gasteiger partial charge in [0.2, 0.25) is 0 Å². The van der Waals surface area contributed by atoms with E-state index in [4.69, 9.17) is 4.74 Å². The number of nitrogens with zero attached hydrogens (tertiary/aromatic N) is 2. The van der Waals surface area contributed by atoms with Gasteiger partial charge in [-0.25, -0.2) is 4.98 Å². The molecule has 0 aliphatic carbocycles. The molecule has 0 radical (unpaired) electrons. The van der Waals surface area contributed by atoms with E-state index >= 15 is 0 Å². The van der Waals surface area contributed by atoms with Crippen molar-refractivity contribution in [2.75, 3.05) is 24.6 Å². The number of hydrogen-bond donors (Lipinski definition) is 1. The molecular formula is C10H16N2O2S. The SMILES string of the molecule is CC1CN(c2ncc(C(C)O)s2)CCO1. The van der Waals surface area contributed by atoms with Crippen molar-refractivity contribution in [3.63, 3.8) is 0 Å². The van der Waals surface area contributed by atoms with Crippen LogP contribution < -0.4 is 4.90 Å². The van der Waals surface area contributed by atoms with E-state index < -0.39 is 6.10 Å². The summed E-state index contributed by atoms with van der Waals surface area (Å²) in [5.41, 5.74) is 0.